The number of pyridine rings is 1. The predicted molar refractivity (Wildman–Crippen MR) is 149 cm³/mol. The maximum absolute atomic E-state index is 12.1. The Morgan fingerprint density at radius 2 is 1.81 bits per heavy atom. The fourth-order valence-corrected chi connectivity index (χ4v) is 6.09. The van der Waals surface area contributed by atoms with Gasteiger partial charge in [-0.1, -0.05) is 23.7 Å². The number of aryl methyl sites for hydroxylation is 1. The molecule has 6 rings (SSSR count). The first-order valence-electron chi connectivity index (χ1n) is 12.7. The van der Waals surface area contributed by atoms with Crippen molar-refractivity contribution in [3.05, 3.63) is 71.1 Å². The van der Waals surface area contributed by atoms with E-state index in [4.69, 9.17) is 26.6 Å². The average Bonchev–Trinajstić information content (AvgIpc) is 3.60. The van der Waals surface area contributed by atoms with Gasteiger partial charge in [-0.3, -0.25) is 9.08 Å². The van der Waals surface area contributed by atoms with E-state index >= 15 is 0 Å². The maximum Gasteiger partial charge on any atom is 0.490 e. The van der Waals surface area contributed by atoms with Crippen LogP contribution in [0.5, 0.6) is 0 Å². The number of hydrogen-bond donors (Lipinski definition) is 1. The van der Waals surface area contributed by atoms with E-state index in [1.807, 2.05) is 52.5 Å². The molecule has 42 heavy (non-hydrogen) atoms. The molecule has 222 valence electrons. The standard InChI is InChI=1S/C24H24ClN7O2S.C2HF3O2/c1-3-35(33,34)29-14-19(15-29)31-10-9-20(28-31)22-12-23-21(7-8-24-27-26-16(2)32(23)24)30(22)13-17-5-4-6-18(25)11-17;3-2(4,5)1(6)7/h4-12,19H,3,13-15H2,1-2H3;(H,6,7). The number of sulfonamides is 1. The quantitative estimate of drug-likeness (QED) is 0.297. The van der Waals surface area contributed by atoms with Crippen molar-refractivity contribution in [1.29, 1.82) is 0 Å². The zero-order chi connectivity index (χ0) is 30.4. The van der Waals surface area contributed by atoms with Crippen LogP contribution in [0.15, 0.2) is 54.7 Å². The van der Waals surface area contributed by atoms with Gasteiger partial charge in [0.25, 0.3) is 0 Å². The second kappa shape index (κ2) is 11.0. The summed E-state index contributed by atoms with van der Waals surface area (Å²) in [6.07, 6.45) is -3.16. The molecule has 5 aromatic rings. The fraction of sp³-hybridized carbons (Fsp3) is 0.308. The van der Waals surface area contributed by atoms with Gasteiger partial charge in [-0.05, 0) is 55.8 Å². The Kier molecular flexibility index (Phi) is 7.76. The number of benzene rings is 1. The van der Waals surface area contributed by atoms with E-state index in [1.54, 1.807) is 6.92 Å². The van der Waals surface area contributed by atoms with E-state index in [2.05, 4.69) is 33.0 Å². The van der Waals surface area contributed by atoms with Crippen molar-refractivity contribution in [2.24, 2.45) is 0 Å². The van der Waals surface area contributed by atoms with Crippen molar-refractivity contribution >= 4 is 44.3 Å². The molecule has 1 saturated heterocycles. The Morgan fingerprint density at radius 3 is 2.45 bits per heavy atom. The van der Waals surface area contributed by atoms with Crippen LogP contribution in [0, 0.1) is 6.92 Å². The molecule has 16 heteroatoms. The van der Waals surface area contributed by atoms with Crippen LogP contribution in [-0.4, -0.2) is 77.8 Å². The lowest BCUT2D eigenvalue weighted by molar-refractivity contribution is -0.192. The summed E-state index contributed by atoms with van der Waals surface area (Å²) in [5.74, 6) is -1.83. The molecule has 0 saturated carbocycles. The smallest absolute Gasteiger partial charge is 0.475 e. The van der Waals surface area contributed by atoms with Gasteiger partial charge in [0.1, 0.15) is 11.5 Å². The second-order valence-corrected chi connectivity index (χ2v) is 12.3. The molecule has 1 aromatic carbocycles. The highest BCUT2D eigenvalue weighted by Crippen LogP contribution is 2.31. The summed E-state index contributed by atoms with van der Waals surface area (Å²) < 4.78 is 63.6. The van der Waals surface area contributed by atoms with Gasteiger partial charge >= 0.3 is 12.1 Å². The predicted octanol–water partition coefficient (Wildman–Crippen LogP) is 4.40. The Hall–Kier alpha value is -3.95. The number of alkyl halides is 3. The molecular formula is C26H25ClF3N7O4S. The highest BCUT2D eigenvalue weighted by molar-refractivity contribution is 7.89. The number of halogens is 4. The SMILES string of the molecule is CCS(=O)(=O)N1CC(n2ccc(-c3cc4c(ccc5nnc(C)n54)n3Cc3cccc(Cl)c3)n2)C1.O=C(O)C(F)(F)F. The van der Waals surface area contributed by atoms with Crippen molar-refractivity contribution in [3.63, 3.8) is 0 Å². The molecule has 4 aromatic heterocycles. The van der Waals surface area contributed by atoms with Gasteiger partial charge in [0, 0.05) is 30.9 Å². The lowest BCUT2D eigenvalue weighted by Gasteiger charge is -2.37. The zero-order valence-electron chi connectivity index (χ0n) is 22.3. The number of carboxylic acids is 1. The number of carbonyl (C=O) groups is 1. The largest absolute Gasteiger partial charge is 0.490 e. The Morgan fingerprint density at radius 1 is 1.10 bits per heavy atom. The van der Waals surface area contributed by atoms with E-state index in [-0.39, 0.29) is 11.8 Å². The third kappa shape index (κ3) is 5.71. The summed E-state index contributed by atoms with van der Waals surface area (Å²) in [4.78, 5) is 8.90. The molecule has 0 atom stereocenters. The summed E-state index contributed by atoms with van der Waals surface area (Å²) in [6, 6.07) is 16.0. The number of fused-ring (bicyclic) bond motifs is 3. The van der Waals surface area contributed by atoms with Crippen LogP contribution in [0.3, 0.4) is 0 Å². The number of aliphatic carboxylic acids is 1. The first-order valence-corrected chi connectivity index (χ1v) is 14.7. The van der Waals surface area contributed by atoms with Crippen LogP contribution in [0.1, 0.15) is 24.4 Å². The molecule has 0 unspecified atom stereocenters. The number of rotatable bonds is 6. The lowest BCUT2D eigenvalue weighted by Crippen LogP contribution is -2.51. The summed E-state index contributed by atoms with van der Waals surface area (Å²) in [7, 11) is -3.17. The van der Waals surface area contributed by atoms with Crippen molar-refractivity contribution in [2.75, 3.05) is 18.8 Å². The minimum Gasteiger partial charge on any atom is -0.475 e. The van der Waals surface area contributed by atoms with Crippen LogP contribution in [0.25, 0.3) is 28.1 Å². The lowest BCUT2D eigenvalue weighted by atomic mass is 10.2. The van der Waals surface area contributed by atoms with Gasteiger partial charge in [-0.2, -0.15) is 22.6 Å². The molecule has 0 radical (unpaired) electrons. The van der Waals surface area contributed by atoms with E-state index in [0.717, 1.165) is 39.5 Å². The third-order valence-electron chi connectivity index (χ3n) is 6.90. The van der Waals surface area contributed by atoms with Crippen molar-refractivity contribution < 1.29 is 31.5 Å². The fourth-order valence-electron chi connectivity index (χ4n) is 4.71. The molecule has 0 aliphatic carbocycles. The van der Waals surface area contributed by atoms with Gasteiger partial charge in [0.05, 0.1) is 28.5 Å². The molecule has 1 N–H and O–H groups in total. The number of aromatic nitrogens is 6. The Labute approximate surface area is 242 Å². The minimum atomic E-state index is -5.08. The van der Waals surface area contributed by atoms with Crippen LogP contribution >= 0.6 is 11.6 Å². The molecule has 1 fully saturated rings. The van der Waals surface area contributed by atoms with Gasteiger partial charge < -0.3 is 9.67 Å². The first-order chi connectivity index (χ1) is 19.8. The van der Waals surface area contributed by atoms with E-state index in [1.165, 1.54) is 4.31 Å². The number of carboxylic acid groups (broad SMARTS) is 1. The van der Waals surface area contributed by atoms with Crippen molar-refractivity contribution in [1.82, 2.24) is 33.3 Å². The minimum absolute atomic E-state index is 0.0302. The number of nitrogens with zero attached hydrogens (tertiary/aromatic N) is 7. The van der Waals surface area contributed by atoms with Gasteiger partial charge in [0.2, 0.25) is 10.0 Å². The average molecular weight is 624 g/mol. The van der Waals surface area contributed by atoms with Crippen LogP contribution in [0.4, 0.5) is 13.2 Å². The molecule has 11 nitrogen and oxygen atoms in total. The van der Waals surface area contributed by atoms with E-state index in [9.17, 15) is 21.6 Å². The normalized spacial score (nSPS) is 14.6. The molecule has 0 amide bonds. The third-order valence-corrected chi connectivity index (χ3v) is 8.95. The summed E-state index contributed by atoms with van der Waals surface area (Å²) in [5, 5.41) is 21.2. The summed E-state index contributed by atoms with van der Waals surface area (Å²) >= 11 is 6.27. The monoisotopic (exact) mass is 623 g/mol. The van der Waals surface area contributed by atoms with Crippen LogP contribution in [-0.2, 0) is 21.4 Å². The highest BCUT2D eigenvalue weighted by Gasteiger charge is 2.38. The topological polar surface area (TPSA) is 128 Å². The highest BCUT2D eigenvalue weighted by atomic mass is 35.5. The van der Waals surface area contributed by atoms with Crippen LogP contribution < -0.4 is 0 Å². The van der Waals surface area contributed by atoms with Gasteiger partial charge in [0.15, 0.2) is 5.65 Å². The molecule has 0 spiro atoms. The maximum atomic E-state index is 12.1. The van der Waals surface area contributed by atoms with Gasteiger partial charge in [-0.25, -0.2) is 13.2 Å². The van der Waals surface area contributed by atoms with Crippen molar-refractivity contribution in [2.45, 2.75) is 32.6 Å². The van der Waals surface area contributed by atoms with Gasteiger partial charge in [-0.15, -0.1) is 10.2 Å². The summed E-state index contributed by atoms with van der Waals surface area (Å²) in [5.41, 5.74) is 5.68. The molecule has 5 heterocycles. The Balaban J connectivity index is 0.000000451. The number of hydrogen-bond acceptors (Lipinski definition) is 6. The summed E-state index contributed by atoms with van der Waals surface area (Å²) in [6.45, 7) is 5.12. The first kappa shape index (κ1) is 29.5. The molecule has 1 aliphatic heterocycles. The molecular weight excluding hydrogens is 599 g/mol. The zero-order valence-corrected chi connectivity index (χ0v) is 23.9. The van der Waals surface area contributed by atoms with Crippen LogP contribution in [0.2, 0.25) is 5.02 Å². The second-order valence-electron chi connectivity index (χ2n) is 9.65. The van der Waals surface area contributed by atoms with E-state index < -0.39 is 22.2 Å². The van der Waals surface area contributed by atoms with Crippen molar-refractivity contribution in [3.8, 4) is 11.4 Å². The molecule has 1 aliphatic rings. The van der Waals surface area contributed by atoms with E-state index in [0.29, 0.717) is 24.7 Å². The molecule has 0 bridgehead atoms. The Bertz CT molecular complexity index is 1890.